The van der Waals surface area contributed by atoms with Crippen molar-refractivity contribution in [1.29, 1.82) is 0 Å². The van der Waals surface area contributed by atoms with Crippen molar-refractivity contribution < 1.29 is 4.39 Å². The van der Waals surface area contributed by atoms with E-state index in [1.165, 1.54) is 16.3 Å². The Morgan fingerprint density at radius 2 is 1.67 bits per heavy atom. The molecule has 0 aliphatic heterocycles. The summed E-state index contributed by atoms with van der Waals surface area (Å²) >= 11 is 0. The second kappa shape index (κ2) is 5.57. The molecule has 0 heterocycles. The Morgan fingerprint density at radius 3 is 2.43 bits per heavy atom. The van der Waals surface area contributed by atoms with Crippen molar-refractivity contribution in [1.82, 2.24) is 0 Å². The Balaban J connectivity index is 1.85. The largest absolute Gasteiger partial charge is 0.378 e. The maximum absolute atomic E-state index is 13.6. The SMILES string of the molecule is Cc1ccc(NC(C)c2ccc3ccccc3c2)cc1F. The molecule has 3 aromatic rings. The van der Waals surface area contributed by atoms with Gasteiger partial charge in [-0.25, -0.2) is 4.39 Å². The lowest BCUT2D eigenvalue weighted by atomic mass is 10.0. The number of fused-ring (bicyclic) bond motifs is 1. The second-order valence-electron chi connectivity index (χ2n) is 5.44. The zero-order chi connectivity index (χ0) is 14.8. The third kappa shape index (κ3) is 2.89. The van der Waals surface area contributed by atoms with Crippen molar-refractivity contribution in [3.05, 3.63) is 77.6 Å². The average Bonchev–Trinajstić information content (AvgIpc) is 2.50. The molecule has 21 heavy (non-hydrogen) atoms. The fourth-order valence-corrected chi connectivity index (χ4v) is 2.49. The first kappa shape index (κ1) is 13.6. The van der Waals surface area contributed by atoms with Gasteiger partial charge >= 0.3 is 0 Å². The normalized spacial score (nSPS) is 12.3. The van der Waals surface area contributed by atoms with Gasteiger partial charge in [-0.3, -0.25) is 0 Å². The number of benzene rings is 3. The topological polar surface area (TPSA) is 12.0 Å². The smallest absolute Gasteiger partial charge is 0.128 e. The molecule has 3 rings (SSSR count). The zero-order valence-corrected chi connectivity index (χ0v) is 12.2. The van der Waals surface area contributed by atoms with Gasteiger partial charge in [-0.05, 0) is 53.9 Å². The highest BCUT2D eigenvalue weighted by atomic mass is 19.1. The van der Waals surface area contributed by atoms with Gasteiger partial charge in [-0.2, -0.15) is 0 Å². The molecule has 0 amide bonds. The molecule has 0 saturated heterocycles. The number of anilines is 1. The van der Waals surface area contributed by atoms with Crippen LogP contribution in [-0.4, -0.2) is 0 Å². The molecule has 0 radical (unpaired) electrons. The lowest BCUT2D eigenvalue weighted by Gasteiger charge is -2.17. The van der Waals surface area contributed by atoms with Crippen LogP contribution in [0, 0.1) is 12.7 Å². The Kier molecular flexibility index (Phi) is 3.61. The molecule has 3 aromatic carbocycles. The van der Waals surface area contributed by atoms with Gasteiger partial charge in [0.25, 0.3) is 0 Å². The first-order valence-electron chi connectivity index (χ1n) is 7.15. The van der Waals surface area contributed by atoms with Gasteiger partial charge in [0.1, 0.15) is 5.82 Å². The minimum absolute atomic E-state index is 0.122. The van der Waals surface area contributed by atoms with Crippen molar-refractivity contribution in [3.8, 4) is 0 Å². The maximum atomic E-state index is 13.6. The molecule has 0 fully saturated rings. The van der Waals surface area contributed by atoms with E-state index in [1.807, 2.05) is 18.2 Å². The standard InChI is InChI=1S/C19H18FN/c1-13-7-10-18(12-19(13)20)21-14(2)16-9-8-15-5-3-4-6-17(15)11-16/h3-12,14,21H,1-2H3. The van der Waals surface area contributed by atoms with Crippen LogP contribution in [0.4, 0.5) is 10.1 Å². The summed E-state index contributed by atoms with van der Waals surface area (Å²) in [6, 6.07) is 20.1. The highest BCUT2D eigenvalue weighted by Crippen LogP contribution is 2.24. The van der Waals surface area contributed by atoms with Crippen LogP contribution < -0.4 is 5.32 Å². The van der Waals surface area contributed by atoms with Crippen LogP contribution in [0.5, 0.6) is 0 Å². The molecule has 106 valence electrons. The van der Waals surface area contributed by atoms with Gasteiger partial charge in [-0.15, -0.1) is 0 Å². The van der Waals surface area contributed by atoms with Gasteiger partial charge in [0.15, 0.2) is 0 Å². The molecular formula is C19H18FN. The summed E-state index contributed by atoms with van der Waals surface area (Å²) < 4.78 is 13.6. The lowest BCUT2D eigenvalue weighted by Crippen LogP contribution is -2.06. The Morgan fingerprint density at radius 1 is 0.905 bits per heavy atom. The summed E-state index contributed by atoms with van der Waals surface area (Å²) in [5.41, 5.74) is 2.66. The first-order chi connectivity index (χ1) is 10.1. The Hall–Kier alpha value is -2.35. The van der Waals surface area contributed by atoms with E-state index in [4.69, 9.17) is 0 Å². The number of nitrogens with one attached hydrogen (secondary N) is 1. The van der Waals surface area contributed by atoms with E-state index in [1.54, 1.807) is 19.1 Å². The van der Waals surface area contributed by atoms with Crippen molar-refractivity contribution in [2.45, 2.75) is 19.9 Å². The van der Waals surface area contributed by atoms with Gasteiger partial charge in [0.2, 0.25) is 0 Å². The molecule has 0 aromatic heterocycles. The summed E-state index contributed by atoms with van der Waals surface area (Å²) in [7, 11) is 0. The van der Waals surface area contributed by atoms with Crippen molar-refractivity contribution in [3.63, 3.8) is 0 Å². The second-order valence-corrected chi connectivity index (χ2v) is 5.44. The van der Waals surface area contributed by atoms with E-state index in [-0.39, 0.29) is 11.9 Å². The van der Waals surface area contributed by atoms with Gasteiger partial charge < -0.3 is 5.32 Å². The van der Waals surface area contributed by atoms with Crippen molar-refractivity contribution >= 4 is 16.5 Å². The molecule has 0 bridgehead atoms. The highest BCUT2D eigenvalue weighted by Gasteiger charge is 2.07. The van der Waals surface area contributed by atoms with Crippen LogP contribution in [-0.2, 0) is 0 Å². The van der Waals surface area contributed by atoms with E-state index >= 15 is 0 Å². The highest BCUT2D eigenvalue weighted by molar-refractivity contribution is 5.83. The van der Waals surface area contributed by atoms with Crippen LogP contribution in [0.15, 0.2) is 60.7 Å². The number of aryl methyl sites for hydroxylation is 1. The van der Waals surface area contributed by atoms with Crippen LogP contribution >= 0.6 is 0 Å². The Bertz CT molecular complexity index is 779. The molecular weight excluding hydrogens is 261 g/mol. The quantitative estimate of drug-likeness (QED) is 0.671. The number of halogens is 1. The van der Waals surface area contributed by atoms with E-state index in [2.05, 4.69) is 42.6 Å². The zero-order valence-electron chi connectivity index (χ0n) is 12.2. The van der Waals surface area contributed by atoms with E-state index in [0.29, 0.717) is 5.56 Å². The first-order valence-corrected chi connectivity index (χ1v) is 7.15. The van der Waals surface area contributed by atoms with Crippen LogP contribution in [0.1, 0.15) is 24.1 Å². The number of hydrogen-bond donors (Lipinski definition) is 1. The molecule has 0 spiro atoms. The maximum Gasteiger partial charge on any atom is 0.128 e. The molecule has 1 atom stereocenters. The van der Waals surface area contributed by atoms with Gasteiger partial charge in [-0.1, -0.05) is 42.5 Å². The predicted octanol–water partition coefficient (Wildman–Crippen LogP) is 5.46. The van der Waals surface area contributed by atoms with Gasteiger partial charge in [0.05, 0.1) is 0 Å². The average molecular weight is 279 g/mol. The fraction of sp³-hybridized carbons (Fsp3) is 0.158. The van der Waals surface area contributed by atoms with Crippen LogP contribution in [0.25, 0.3) is 10.8 Å². The predicted molar refractivity (Wildman–Crippen MR) is 87.1 cm³/mol. The summed E-state index contributed by atoms with van der Waals surface area (Å²) in [5.74, 6) is -0.175. The molecule has 1 unspecified atom stereocenters. The van der Waals surface area contributed by atoms with E-state index < -0.39 is 0 Å². The minimum Gasteiger partial charge on any atom is -0.378 e. The van der Waals surface area contributed by atoms with Crippen LogP contribution in [0.3, 0.4) is 0 Å². The van der Waals surface area contributed by atoms with Crippen LogP contribution in [0.2, 0.25) is 0 Å². The molecule has 2 heteroatoms. The third-order valence-electron chi connectivity index (χ3n) is 3.83. The summed E-state index contributed by atoms with van der Waals surface area (Å²) in [6.07, 6.45) is 0. The molecule has 0 aliphatic rings. The van der Waals surface area contributed by atoms with E-state index in [0.717, 1.165) is 5.69 Å². The summed E-state index contributed by atoms with van der Waals surface area (Å²) in [6.45, 7) is 3.85. The summed E-state index contributed by atoms with van der Waals surface area (Å²) in [5, 5.41) is 5.80. The van der Waals surface area contributed by atoms with Gasteiger partial charge in [0, 0.05) is 11.7 Å². The molecule has 1 N–H and O–H groups in total. The van der Waals surface area contributed by atoms with Crippen molar-refractivity contribution in [2.24, 2.45) is 0 Å². The summed E-state index contributed by atoms with van der Waals surface area (Å²) in [4.78, 5) is 0. The molecule has 1 nitrogen and oxygen atoms in total. The third-order valence-corrected chi connectivity index (χ3v) is 3.83. The van der Waals surface area contributed by atoms with E-state index in [9.17, 15) is 4.39 Å². The number of rotatable bonds is 3. The monoisotopic (exact) mass is 279 g/mol. The molecule has 0 saturated carbocycles. The lowest BCUT2D eigenvalue weighted by molar-refractivity contribution is 0.618. The molecule has 0 aliphatic carbocycles. The van der Waals surface area contributed by atoms with Crippen molar-refractivity contribution in [2.75, 3.05) is 5.32 Å². The minimum atomic E-state index is -0.175. The Labute approximate surface area is 124 Å². The number of hydrogen-bond acceptors (Lipinski definition) is 1. The fourth-order valence-electron chi connectivity index (χ4n) is 2.49.